The van der Waals surface area contributed by atoms with E-state index in [0.29, 0.717) is 0 Å². The molecule has 0 aliphatic heterocycles. The van der Waals surface area contributed by atoms with E-state index in [4.69, 9.17) is 0 Å². The van der Waals surface area contributed by atoms with Gasteiger partial charge in [-0.2, -0.15) is 0 Å². The Hall–Kier alpha value is 0. The molecule has 2 bridgehead atoms. The van der Waals surface area contributed by atoms with Gasteiger partial charge in [0, 0.05) is 0 Å². The van der Waals surface area contributed by atoms with Crippen molar-refractivity contribution in [3.63, 3.8) is 0 Å². The van der Waals surface area contributed by atoms with Crippen LogP contribution >= 0.6 is 0 Å². The monoisotopic (exact) mass is 150 g/mol. The van der Waals surface area contributed by atoms with Crippen molar-refractivity contribution >= 4 is 0 Å². The molecule has 0 saturated heterocycles. The minimum absolute atomic E-state index is 0.905. The first kappa shape index (κ1) is 6.51. The van der Waals surface area contributed by atoms with Gasteiger partial charge >= 0.3 is 0 Å². The largest absolute Gasteiger partial charge is 0.0620 e. The predicted octanol–water partition coefficient (Wildman–Crippen LogP) is 3.22. The molecule has 3 fully saturated rings. The highest BCUT2D eigenvalue weighted by molar-refractivity contribution is 5.07. The van der Waals surface area contributed by atoms with Crippen LogP contribution in [0.1, 0.15) is 45.4 Å². The van der Waals surface area contributed by atoms with Crippen LogP contribution in [0.3, 0.4) is 0 Å². The van der Waals surface area contributed by atoms with Crippen LogP contribution in [-0.4, -0.2) is 0 Å². The Morgan fingerprint density at radius 2 is 2.00 bits per heavy atom. The van der Waals surface area contributed by atoms with Crippen LogP contribution in [0.2, 0.25) is 0 Å². The van der Waals surface area contributed by atoms with Gasteiger partial charge in [0.15, 0.2) is 0 Å². The van der Waals surface area contributed by atoms with Crippen molar-refractivity contribution in [1.82, 2.24) is 0 Å². The smallest absolute Gasteiger partial charge is 0.0264 e. The minimum atomic E-state index is 0.905. The second kappa shape index (κ2) is 1.84. The maximum atomic E-state index is 2.51. The Bertz CT molecular complexity index is 178. The normalized spacial score (nSPS) is 51.5. The summed E-state index contributed by atoms with van der Waals surface area (Å²) in [6, 6.07) is 0. The lowest BCUT2D eigenvalue weighted by atomic mass is 9.59. The second-order valence-corrected chi connectivity index (χ2v) is 5.22. The Morgan fingerprint density at radius 1 is 1.18 bits per heavy atom. The van der Waals surface area contributed by atoms with Crippen molar-refractivity contribution < 1.29 is 0 Å². The Morgan fingerprint density at radius 3 is 2.27 bits per heavy atom. The van der Waals surface area contributed by atoms with Gasteiger partial charge < -0.3 is 0 Å². The number of rotatable bonds is 0. The summed E-state index contributed by atoms with van der Waals surface area (Å²) >= 11 is 0. The van der Waals surface area contributed by atoms with E-state index in [1.807, 2.05) is 0 Å². The Kier molecular flexibility index (Phi) is 1.09. The summed E-state index contributed by atoms with van der Waals surface area (Å²) in [7, 11) is 0. The third-order valence-corrected chi connectivity index (χ3v) is 5.03. The summed E-state index contributed by atoms with van der Waals surface area (Å²) in [5.41, 5.74) is 0.905. The van der Waals surface area contributed by atoms with Crippen molar-refractivity contribution in [2.45, 2.75) is 45.4 Å². The van der Waals surface area contributed by atoms with Gasteiger partial charge in [-0.3, -0.25) is 0 Å². The molecular formula is C11H18. The molecule has 0 aromatic rings. The van der Waals surface area contributed by atoms with Gasteiger partial charge in [-0.1, -0.05) is 13.3 Å². The molecule has 3 aliphatic rings. The van der Waals surface area contributed by atoms with E-state index in [9.17, 15) is 0 Å². The van der Waals surface area contributed by atoms with Gasteiger partial charge in [0.05, 0.1) is 0 Å². The average Bonchev–Trinajstić information content (AvgIpc) is 2.42. The molecule has 3 unspecified atom stereocenters. The van der Waals surface area contributed by atoms with Crippen molar-refractivity contribution in [1.29, 1.82) is 0 Å². The maximum absolute atomic E-state index is 2.51. The molecule has 3 atom stereocenters. The molecule has 0 heteroatoms. The fourth-order valence-corrected chi connectivity index (χ4v) is 4.28. The number of hydrogen-bond acceptors (Lipinski definition) is 0. The van der Waals surface area contributed by atoms with E-state index in [2.05, 4.69) is 6.92 Å². The van der Waals surface area contributed by atoms with Gasteiger partial charge in [-0.05, 0) is 55.3 Å². The minimum Gasteiger partial charge on any atom is -0.0620 e. The molecule has 3 aliphatic carbocycles. The first-order valence-corrected chi connectivity index (χ1v) is 5.32. The molecule has 0 amide bonds. The molecular weight excluding hydrogens is 132 g/mol. The van der Waals surface area contributed by atoms with Crippen molar-refractivity contribution in [3.8, 4) is 0 Å². The third-order valence-electron chi connectivity index (χ3n) is 5.03. The highest BCUT2D eigenvalue weighted by Crippen LogP contribution is 2.66. The molecule has 0 nitrogen and oxygen atoms in total. The first-order chi connectivity index (χ1) is 5.32. The van der Waals surface area contributed by atoms with Crippen molar-refractivity contribution in [2.24, 2.45) is 23.2 Å². The zero-order valence-electron chi connectivity index (χ0n) is 7.47. The predicted molar refractivity (Wildman–Crippen MR) is 46.3 cm³/mol. The molecule has 0 N–H and O–H groups in total. The second-order valence-electron chi connectivity index (χ2n) is 5.22. The third kappa shape index (κ3) is 0.625. The fourth-order valence-electron chi connectivity index (χ4n) is 4.28. The molecule has 0 heterocycles. The highest BCUT2D eigenvalue weighted by Gasteiger charge is 2.57. The van der Waals surface area contributed by atoms with Gasteiger partial charge in [-0.15, -0.1) is 0 Å². The summed E-state index contributed by atoms with van der Waals surface area (Å²) in [5, 5.41) is 0. The van der Waals surface area contributed by atoms with Crippen LogP contribution in [0.15, 0.2) is 0 Å². The molecule has 1 spiro atoms. The van der Waals surface area contributed by atoms with Crippen LogP contribution in [0.4, 0.5) is 0 Å². The zero-order valence-corrected chi connectivity index (χ0v) is 7.47. The first-order valence-electron chi connectivity index (χ1n) is 5.32. The Balaban J connectivity index is 1.91. The molecule has 0 aromatic carbocycles. The van der Waals surface area contributed by atoms with E-state index in [0.717, 1.165) is 23.2 Å². The molecule has 0 aromatic heterocycles. The van der Waals surface area contributed by atoms with E-state index in [-0.39, 0.29) is 0 Å². The average molecular weight is 150 g/mol. The van der Waals surface area contributed by atoms with E-state index in [1.165, 1.54) is 6.42 Å². The van der Waals surface area contributed by atoms with Gasteiger partial charge in [0.2, 0.25) is 0 Å². The van der Waals surface area contributed by atoms with Gasteiger partial charge in [-0.25, -0.2) is 0 Å². The van der Waals surface area contributed by atoms with Crippen LogP contribution in [0.5, 0.6) is 0 Å². The van der Waals surface area contributed by atoms with Crippen molar-refractivity contribution in [3.05, 3.63) is 0 Å². The summed E-state index contributed by atoms with van der Waals surface area (Å²) in [6.45, 7) is 2.51. The van der Waals surface area contributed by atoms with Crippen molar-refractivity contribution in [2.75, 3.05) is 0 Å². The lowest BCUT2D eigenvalue weighted by Gasteiger charge is -2.46. The molecule has 62 valence electrons. The van der Waals surface area contributed by atoms with Crippen LogP contribution in [-0.2, 0) is 0 Å². The molecule has 3 rings (SSSR count). The maximum Gasteiger partial charge on any atom is -0.0264 e. The van der Waals surface area contributed by atoms with Crippen LogP contribution in [0, 0.1) is 23.2 Å². The molecule has 0 radical (unpaired) electrons. The number of hydrogen-bond donors (Lipinski definition) is 0. The highest BCUT2D eigenvalue weighted by atomic mass is 14.6. The standard InChI is InChI=1S/C11H18/c1-8-9-3-4-10(8)11(7-9)5-2-6-11/h8-10H,2-7H2,1H3. The summed E-state index contributed by atoms with van der Waals surface area (Å²) < 4.78 is 0. The summed E-state index contributed by atoms with van der Waals surface area (Å²) in [6.07, 6.45) is 9.45. The molecule has 3 saturated carbocycles. The topological polar surface area (TPSA) is 0 Å². The van der Waals surface area contributed by atoms with Crippen LogP contribution in [0.25, 0.3) is 0 Å². The van der Waals surface area contributed by atoms with E-state index in [1.54, 1.807) is 32.1 Å². The summed E-state index contributed by atoms with van der Waals surface area (Å²) in [4.78, 5) is 0. The van der Waals surface area contributed by atoms with E-state index >= 15 is 0 Å². The fraction of sp³-hybridized carbons (Fsp3) is 1.00. The quantitative estimate of drug-likeness (QED) is 0.497. The lowest BCUT2D eigenvalue weighted by Crippen LogP contribution is -2.35. The zero-order chi connectivity index (χ0) is 7.47. The Labute approximate surface area is 69.4 Å². The summed E-state index contributed by atoms with van der Waals surface area (Å²) in [5.74, 6) is 3.39. The van der Waals surface area contributed by atoms with Gasteiger partial charge in [0.1, 0.15) is 0 Å². The van der Waals surface area contributed by atoms with E-state index < -0.39 is 0 Å². The molecule has 11 heavy (non-hydrogen) atoms. The lowest BCUT2D eigenvalue weighted by molar-refractivity contribution is 0.0499. The van der Waals surface area contributed by atoms with Gasteiger partial charge in [0.25, 0.3) is 0 Å². The number of fused-ring (bicyclic) bond motifs is 3. The SMILES string of the molecule is CC1C2CCC1C1(CCC1)C2. The van der Waals surface area contributed by atoms with Crippen LogP contribution < -0.4 is 0 Å².